The van der Waals surface area contributed by atoms with Gasteiger partial charge in [-0.15, -0.1) is 0 Å². The molecule has 0 saturated heterocycles. The number of hydrogen-bond acceptors (Lipinski definition) is 3. The predicted molar refractivity (Wildman–Crippen MR) is 99.1 cm³/mol. The minimum atomic E-state index is -0.508. The molecule has 0 bridgehead atoms. The number of nitrogens with one attached hydrogen (secondary N) is 1. The molecule has 0 atom stereocenters. The van der Waals surface area contributed by atoms with E-state index in [2.05, 4.69) is 31.0 Å². The number of carbonyl (C=O) groups is 1. The van der Waals surface area contributed by atoms with Crippen molar-refractivity contribution in [1.82, 2.24) is 19.7 Å². The van der Waals surface area contributed by atoms with Crippen LogP contribution in [0.25, 0.3) is 22.3 Å². The molecule has 0 aliphatic rings. The van der Waals surface area contributed by atoms with Crippen molar-refractivity contribution in [3.05, 3.63) is 70.6 Å². The molecule has 0 fully saturated rings. The fraction of sp³-hybridized carbons (Fsp3) is 0.0556. The molecule has 1 amide bonds. The molecule has 0 radical (unpaired) electrons. The van der Waals surface area contributed by atoms with Gasteiger partial charge in [-0.3, -0.25) is 9.48 Å². The Balaban J connectivity index is 1.83. The first kappa shape index (κ1) is 15.6. The Morgan fingerprint density at radius 3 is 2.84 bits per heavy atom. The van der Waals surface area contributed by atoms with Crippen molar-refractivity contribution in [1.29, 1.82) is 0 Å². The molecule has 124 valence electrons. The Hall–Kier alpha value is -2.93. The molecule has 0 unspecified atom stereocenters. The highest BCUT2D eigenvalue weighted by atomic mass is 79.9. The molecule has 4 rings (SSSR count). The molecule has 0 aliphatic heterocycles. The van der Waals surface area contributed by atoms with E-state index in [1.165, 1.54) is 0 Å². The summed E-state index contributed by atoms with van der Waals surface area (Å²) in [5.41, 5.74) is 9.13. The van der Waals surface area contributed by atoms with Crippen molar-refractivity contribution < 1.29 is 4.79 Å². The number of pyridine rings is 1. The normalized spacial score (nSPS) is 11.1. The Kier molecular flexibility index (Phi) is 3.85. The number of primary amides is 1. The van der Waals surface area contributed by atoms with Crippen molar-refractivity contribution >= 4 is 32.9 Å². The zero-order valence-electron chi connectivity index (χ0n) is 13.1. The van der Waals surface area contributed by atoms with Crippen LogP contribution in [0.5, 0.6) is 0 Å². The fourth-order valence-electron chi connectivity index (χ4n) is 2.83. The van der Waals surface area contributed by atoms with Gasteiger partial charge in [0.25, 0.3) is 5.91 Å². The van der Waals surface area contributed by atoms with E-state index >= 15 is 0 Å². The van der Waals surface area contributed by atoms with Gasteiger partial charge in [-0.2, -0.15) is 5.10 Å². The third-order valence-corrected chi connectivity index (χ3v) is 4.40. The minimum Gasteiger partial charge on any atom is -0.365 e. The van der Waals surface area contributed by atoms with Crippen molar-refractivity contribution in [3.63, 3.8) is 0 Å². The molecule has 4 aromatic rings. The molecule has 0 aliphatic carbocycles. The topological polar surface area (TPSA) is 89.6 Å². The second-order valence-corrected chi connectivity index (χ2v) is 6.61. The quantitative estimate of drug-likeness (QED) is 0.555. The Morgan fingerprint density at radius 2 is 2.08 bits per heavy atom. The number of carbonyl (C=O) groups excluding carboxylic acids is 1. The van der Waals surface area contributed by atoms with Gasteiger partial charge in [0.15, 0.2) is 0 Å². The minimum absolute atomic E-state index is 0.386. The van der Waals surface area contributed by atoms with Crippen LogP contribution in [-0.2, 0) is 6.54 Å². The number of nitrogens with zero attached hydrogens (tertiary/aromatic N) is 3. The van der Waals surface area contributed by atoms with Gasteiger partial charge in [0, 0.05) is 34.0 Å². The first-order valence-electron chi connectivity index (χ1n) is 7.66. The molecule has 0 spiro atoms. The summed E-state index contributed by atoms with van der Waals surface area (Å²) in [6.45, 7) is 0.561. The summed E-state index contributed by atoms with van der Waals surface area (Å²) in [5.74, 6) is -0.508. The number of amides is 1. The lowest BCUT2D eigenvalue weighted by Gasteiger charge is -2.01. The third-order valence-electron chi connectivity index (χ3n) is 3.97. The fourth-order valence-corrected chi connectivity index (χ4v) is 3.16. The van der Waals surface area contributed by atoms with Crippen LogP contribution in [0.1, 0.15) is 15.9 Å². The molecule has 1 aromatic carbocycles. The summed E-state index contributed by atoms with van der Waals surface area (Å²) in [6, 6.07) is 11.9. The van der Waals surface area contributed by atoms with Crippen LogP contribution in [0.2, 0.25) is 0 Å². The summed E-state index contributed by atoms with van der Waals surface area (Å²) in [6.07, 6.45) is 5.20. The molecule has 3 N–H and O–H groups in total. The van der Waals surface area contributed by atoms with Crippen LogP contribution in [0.3, 0.4) is 0 Å². The lowest BCUT2D eigenvalue weighted by Crippen LogP contribution is -2.11. The monoisotopic (exact) mass is 395 g/mol. The van der Waals surface area contributed by atoms with E-state index in [1.807, 2.05) is 36.4 Å². The van der Waals surface area contributed by atoms with E-state index in [1.54, 1.807) is 23.3 Å². The average Bonchev–Trinajstić information content (AvgIpc) is 3.19. The number of rotatable bonds is 4. The van der Waals surface area contributed by atoms with Crippen LogP contribution < -0.4 is 5.73 Å². The van der Waals surface area contributed by atoms with Gasteiger partial charge >= 0.3 is 0 Å². The molecular weight excluding hydrogens is 382 g/mol. The number of H-pyrrole nitrogens is 1. The van der Waals surface area contributed by atoms with Crippen LogP contribution in [0.4, 0.5) is 0 Å². The number of aromatic amines is 1. The smallest absolute Gasteiger partial charge is 0.252 e. The average molecular weight is 396 g/mol. The van der Waals surface area contributed by atoms with E-state index in [4.69, 9.17) is 5.73 Å². The second-order valence-electron chi connectivity index (χ2n) is 5.69. The Bertz CT molecular complexity index is 1070. The van der Waals surface area contributed by atoms with Gasteiger partial charge in [-0.1, -0.05) is 30.3 Å². The van der Waals surface area contributed by atoms with Gasteiger partial charge in [0.1, 0.15) is 11.3 Å². The molecule has 0 saturated carbocycles. The summed E-state index contributed by atoms with van der Waals surface area (Å²) in [7, 11) is 0. The summed E-state index contributed by atoms with van der Waals surface area (Å²) in [5, 5.41) is 5.48. The van der Waals surface area contributed by atoms with Crippen LogP contribution in [-0.4, -0.2) is 25.7 Å². The Morgan fingerprint density at radius 1 is 1.28 bits per heavy atom. The largest absolute Gasteiger partial charge is 0.365 e. The highest BCUT2D eigenvalue weighted by molar-refractivity contribution is 9.10. The third kappa shape index (κ3) is 2.94. The van der Waals surface area contributed by atoms with Crippen LogP contribution >= 0.6 is 15.9 Å². The standard InChI is InChI=1S/C18H14BrN5O/c19-12-6-13-14(8-22-18(13)21-7-12)16-15(17(20)25)10-24(23-16)9-11-4-2-1-3-5-11/h1-8,10H,9H2,(H2,20,25)(H,21,22). The molecule has 25 heavy (non-hydrogen) atoms. The molecule has 7 heteroatoms. The zero-order chi connectivity index (χ0) is 17.4. The number of halogens is 1. The predicted octanol–water partition coefficient (Wildman–Crippen LogP) is 3.34. The summed E-state index contributed by atoms with van der Waals surface area (Å²) < 4.78 is 2.58. The lowest BCUT2D eigenvalue weighted by atomic mass is 10.1. The highest BCUT2D eigenvalue weighted by Crippen LogP contribution is 2.30. The number of fused-ring (bicyclic) bond motifs is 1. The maximum absolute atomic E-state index is 11.9. The zero-order valence-corrected chi connectivity index (χ0v) is 14.7. The SMILES string of the molecule is NC(=O)c1cn(Cc2ccccc2)nc1-c1c[nH]c2ncc(Br)cc12. The van der Waals surface area contributed by atoms with Gasteiger partial charge in [-0.05, 0) is 27.6 Å². The lowest BCUT2D eigenvalue weighted by molar-refractivity contribution is 0.100. The van der Waals surface area contributed by atoms with Crippen molar-refractivity contribution in [3.8, 4) is 11.3 Å². The van der Waals surface area contributed by atoms with Gasteiger partial charge in [-0.25, -0.2) is 4.98 Å². The van der Waals surface area contributed by atoms with Crippen molar-refractivity contribution in [2.24, 2.45) is 5.73 Å². The number of aromatic nitrogens is 4. The van der Waals surface area contributed by atoms with Crippen LogP contribution in [0, 0.1) is 0 Å². The van der Waals surface area contributed by atoms with Gasteiger partial charge in [0.05, 0.1) is 12.1 Å². The number of nitrogens with two attached hydrogens (primary N) is 1. The van der Waals surface area contributed by atoms with E-state index in [0.29, 0.717) is 17.8 Å². The van der Waals surface area contributed by atoms with E-state index in [0.717, 1.165) is 26.6 Å². The Labute approximate surface area is 151 Å². The van der Waals surface area contributed by atoms with E-state index in [-0.39, 0.29) is 0 Å². The number of benzene rings is 1. The van der Waals surface area contributed by atoms with Crippen LogP contribution in [0.15, 0.2) is 59.5 Å². The molecule has 3 aromatic heterocycles. The molecule has 6 nitrogen and oxygen atoms in total. The molecular formula is C18H14BrN5O. The van der Waals surface area contributed by atoms with E-state index < -0.39 is 5.91 Å². The first-order valence-corrected chi connectivity index (χ1v) is 8.45. The summed E-state index contributed by atoms with van der Waals surface area (Å²) >= 11 is 3.43. The second kappa shape index (κ2) is 6.18. The number of hydrogen-bond donors (Lipinski definition) is 2. The van der Waals surface area contributed by atoms with E-state index in [9.17, 15) is 4.79 Å². The van der Waals surface area contributed by atoms with Crippen molar-refractivity contribution in [2.45, 2.75) is 6.54 Å². The molecule has 3 heterocycles. The van der Waals surface area contributed by atoms with Gasteiger partial charge < -0.3 is 10.7 Å². The maximum atomic E-state index is 11.9. The van der Waals surface area contributed by atoms with Gasteiger partial charge in [0.2, 0.25) is 0 Å². The summed E-state index contributed by atoms with van der Waals surface area (Å²) in [4.78, 5) is 19.3. The van der Waals surface area contributed by atoms with Crippen molar-refractivity contribution in [2.75, 3.05) is 0 Å². The maximum Gasteiger partial charge on any atom is 0.252 e. The first-order chi connectivity index (χ1) is 12.1. The highest BCUT2D eigenvalue weighted by Gasteiger charge is 2.19.